The van der Waals surface area contributed by atoms with Crippen molar-refractivity contribution in [3.05, 3.63) is 25.3 Å². The van der Waals surface area contributed by atoms with E-state index in [0.717, 1.165) is 19.3 Å². The quantitative estimate of drug-likeness (QED) is 0.341. The Labute approximate surface area is 109 Å². The summed E-state index contributed by atoms with van der Waals surface area (Å²) in [6, 6.07) is 0. The lowest BCUT2D eigenvalue weighted by Gasteiger charge is -2.18. The van der Waals surface area contributed by atoms with Gasteiger partial charge in [0.05, 0.1) is 0 Å². The summed E-state index contributed by atoms with van der Waals surface area (Å²) >= 11 is 0. The first-order valence-electron chi connectivity index (χ1n) is 6.30. The van der Waals surface area contributed by atoms with E-state index < -0.39 is 0 Å². The third-order valence-electron chi connectivity index (χ3n) is 2.39. The van der Waals surface area contributed by atoms with Crippen LogP contribution in [0.15, 0.2) is 25.3 Å². The van der Waals surface area contributed by atoms with Gasteiger partial charge < -0.3 is 9.64 Å². The number of unbranched alkanes of at least 4 members (excludes halogenated alkanes) is 2. The zero-order chi connectivity index (χ0) is 13.8. The monoisotopic (exact) mass is 253 g/mol. The summed E-state index contributed by atoms with van der Waals surface area (Å²) in [5, 5.41) is 0. The molecule has 0 atom stereocenters. The Morgan fingerprint density at radius 2 is 1.78 bits per heavy atom. The van der Waals surface area contributed by atoms with Gasteiger partial charge in [-0.05, 0) is 6.42 Å². The molecule has 0 bridgehead atoms. The number of amides is 1. The van der Waals surface area contributed by atoms with Gasteiger partial charge in [-0.25, -0.2) is 0 Å². The lowest BCUT2D eigenvalue weighted by Crippen LogP contribution is -2.34. The van der Waals surface area contributed by atoms with E-state index in [1.165, 1.54) is 4.90 Å². The molecule has 0 saturated heterocycles. The van der Waals surface area contributed by atoms with Crippen LogP contribution in [0.1, 0.15) is 32.6 Å². The fourth-order valence-electron chi connectivity index (χ4n) is 1.41. The summed E-state index contributed by atoms with van der Waals surface area (Å²) in [7, 11) is 0. The van der Waals surface area contributed by atoms with E-state index in [1.807, 2.05) is 0 Å². The minimum atomic E-state index is -0.311. The summed E-state index contributed by atoms with van der Waals surface area (Å²) in [5.41, 5.74) is 0. The third kappa shape index (κ3) is 7.65. The maximum absolute atomic E-state index is 11.7. The van der Waals surface area contributed by atoms with Crippen LogP contribution in [0, 0.1) is 0 Å². The molecule has 4 nitrogen and oxygen atoms in total. The van der Waals surface area contributed by atoms with E-state index in [4.69, 9.17) is 4.74 Å². The summed E-state index contributed by atoms with van der Waals surface area (Å²) in [6.07, 6.45) is 6.51. The average Bonchev–Trinajstić information content (AvgIpc) is 2.36. The molecule has 0 saturated carbocycles. The van der Waals surface area contributed by atoms with Crippen LogP contribution in [0.2, 0.25) is 0 Å². The number of rotatable bonds is 10. The predicted octanol–water partition coefficient (Wildman–Crippen LogP) is 2.31. The summed E-state index contributed by atoms with van der Waals surface area (Å²) in [5.74, 6) is -0.535. The highest BCUT2D eigenvalue weighted by Crippen LogP contribution is 2.01. The van der Waals surface area contributed by atoms with Gasteiger partial charge in [0.2, 0.25) is 0 Å². The van der Waals surface area contributed by atoms with Crippen LogP contribution in [-0.4, -0.2) is 36.5 Å². The smallest absolute Gasteiger partial charge is 0.306 e. The summed E-state index contributed by atoms with van der Waals surface area (Å²) in [4.78, 5) is 24.6. The normalized spacial score (nSPS) is 9.61. The van der Waals surface area contributed by atoms with Gasteiger partial charge in [-0.15, -0.1) is 13.2 Å². The van der Waals surface area contributed by atoms with E-state index in [1.54, 1.807) is 12.2 Å². The molecule has 0 heterocycles. The number of carbonyl (C=O) groups is 2. The Balaban J connectivity index is 3.94. The third-order valence-corrected chi connectivity index (χ3v) is 2.39. The van der Waals surface area contributed by atoms with Crippen LogP contribution in [0.5, 0.6) is 0 Å². The van der Waals surface area contributed by atoms with Gasteiger partial charge in [0.25, 0.3) is 5.91 Å². The molecule has 1 amide bonds. The number of ether oxygens (including phenoxy) is 1. The Kier molecular flexibility index (Phi) is 9.64. The van der Waals surface area contributed by atoms with Gasteiger partial charge in [-0.2, -0.15) is 0 Å². The van der Waals surface area contributed by atoms with E-state index >= 15 is 0 Å². The Morgan fingerprint density at radius 1 is 1.17 bits per heavy atom. The molecule has 0 N–H and O–H groups in total. The van der Waals surface area contributed by atoms with Crippen molar-refractivity contribution in [3.63, 3.8) is 0 Å². The van der Waals surface area contributed by atoms with E-state index in [-0.39, 0.29) is 18.5 Å². The molecule has 0 spiro atoms. The predicted molar refractivity (Wildman–Crippen MR) is 72.1 cm³/mol. The number of nitrogens with zero attached hydrogens (tertiary/aromatic N) is 1. The second kappa shape index (κ2) is 10.6. The van der Waals surface area contributed by atoms with Gasteiger partial charge in [0.15, 0.2) is 6.61 Å². The van der Waals surface area contributed by atoms with E-state index in [0.29, 0.717) is 19.5 Å². The molecule has 4 heteroatoms. The number of hydrogen-bond donors (Lipinski definition) is 0. The maximum Gasteiger partial charge on any atom is 0.306 e. The average molecular weight is 253 g/mol. The highest BCUT2D eigenvalue weighted by molar-refractivity contribution is 5.80. The number of hydrogen-bond acceptors (Lipinski definition) is 3. The number of carbonyl (C=O) groups excluding carboxylic acids is 2. The van der Waals surface area contributed by atoms with Crippen molar-refractivity contribution in [2.75, 3.05) is 19.7 Å². The molecule has 0 fully saturated rings. The van der Waals surface area contributed by atoms with Gasteiger partial charge in [0, 0.05) is 19.5 Å². The summed E-state index contributed by atoms with van der Waals surface area (Å²) < 4.78 is 4.93. The second-order valence-corrected chi connectivity index (χ2v) is 3.99. The van der Waals surface area contributed by atoms with Gasteiger partial charge in [-0.1, -0.05) is 31.9 Å². The first-order chi connectivity index (χ1) is 8.65. The Morgan fingerprint density at radius 3 is 2.28 bits per heavy atom. The van der Waals surface area contributed by atoms with Crippen molar-refractivity contribution in [1.29, 1.82) is 0 Å². The molecule has 0 unspecified atom stereocenters. The molecular weight excluding hydrogens is 230 g/mol. The topological polar surface area (TPSA) is 46.6 Å². The minimum Gasteiger partial charge on any atom is -0.456 e. The summed E-state index contributed by atoms with van der Waals surface area (Å²) in [6.45, 7) is 9.87. The van der Waals surface area contributed by atoms with Crippen LogP contribution in [0.25, 0.3) is 0 Å². The second-order valence-electron chi connectivity index (χ2n) is 3.99. The maximum atomic E-state index is 11.7. The molecule has 18 heavy (non-hydrogen) atoms. The van der Waals surface area contributed by atoms with E-state index in [9.17, 15) is 9.59 Å². The fourth-order valence-corrected chi connectivity index (χ4v) is 1.41. The molecule has 102 valence electrons. The fraction of sp³-hybridized carbons (Fsp3) is 0.571. The molecule has 0 aromatic rings. The highest BCUT2D eigenvalue weighted by atomic mass is 16.5. The Hall–Kier alpha value is -1.58. The van der Waals surface area contributed by atoms with Crippen LogP contribution in [0.3, 0.4) is 0 Å². The molecule has 0 aliphatic carbocycles. The van der Waals surface area contributed by atoms with Crippen LogP contribution in [0.4, 0.5) is 0 Å². The molecule has 0 aliphatic heterocycles. The van der Waals surface area contributed by atoms with Crippen molar-refractivity contribution in [2.45, 2.75) is 32.6 Å². The first kappa shape index (κ1) is 16.4. The van der Waals surface area contributed by atoms with Crippen LogP contribution in [-0.2, 0) is 14.3 Å². The van der Waals surface area contributed by atoms with Crippen molar-refractivity contribution < 1.29 is 14.3 Å². The lowest BCUT2D eigenvalue weighted by atomic mass is 10.2. The SMILES string of the molecule is C=CCN(CC=C)C(=O)COC(=O)CCCCC. The van der Waals surface area contributed by atoms with Gasteiger partial charge >= 0.3 is 5.97 Å². The molecule has 0 radical (unpaired) electrons. The molecule has 0 aromatic heterocycles. The van der Waals surface area contributed by atoms with Crippen molar-refractivity contribution in [1.82, 2.24) is 4.90 Å². The van der Waals surface area contributed by atoms with Crippen molar-refractivity contribution >= 4 is 11.9 Å². The van der Waals surface area contributed by atoms with Gasteiger partial charge in [0.1, 0.15) is 0 Å². The van der Waals surface area contributed by atoms with E-state index in [2.05, 4.69) is 20.1 Å². The van der Waals surface area contributed by atoms with Crippen LogP contribution < -0.4 is 0 Å². The molecule has 0 rings (SSSR count). The molecule has 0 aliphatic rings. The van der Waals surface area contributed by atoms with Crippen molar-refractivity contribution in [3.8, 4) is 0 Å². The zero-order valence-electron chi connectivity index (χ0n) is 11.2. The number of esters is 1. The molecular formula is C14H23NO3. The minimum absolute atomic E-state index is 0.202. The van der Waals surface area contributed by atoms with Crippen LogP contribution >= 0.6 is 0 Å². The first-order valence-corrected chi connectivity index (χ1v) is 6.30. The van der Waals surface area contributed by atoms with Gasteiger partial charge in [-0.3, -0.25) is 9.59 Å². The molecule has 0 aromatic carbocycles. The highest BCUT2D eigenvalue weighted by Gasteiger charge is 2.13. The zero-order valence-corrected chi connectivity index (χ0v) is 11.2. The Bertz CT molecular complexity index is 277. The van der Waals surface area contributed by atoms with Crippen molar-refractivity contribution in [2.24, 2.45) is 0 Å². The standard InChI is InChI=1S/C14H23NO3/c1-4-7-8-9-14(17)18-12-13(16)15(10-5-2)11-6-3/h5-6H,2-4,7-12H2,1H3. The largest absolute Gasteiger partial charge is 0.456 e. The lowest BCUT2D eigenvalue weighted by molar-refractivity contribution is -0.151.